The summed E-state index contributed by atoms with van der Waals surface area (Å²) >= 11 is 0. The Morgan fingerprint density at radius 3 is 2.08 bits per heavy atom. The van der Waals surface area contributed by atoms with Gasteiger partial charge in [-0.3, -0.25) is 0 Å². The summed E-state index contributed by atoms with van der Waals surface area (Å²) < 4.78 is 33.8. The molecule has 2 aliphatic carbocycles. The smallest absolute Gasteiger partial charge is 0.201 e. The molecule has 25 heavy (non-hydrogen) atoms. The Hall–Kier alpha value is -1.38. The molecule has 1 nitrogen and oxygen atoms in total. The molecule has 2 aliphatic rings. The summed E-state index contributed by atoms with van der Waals surface area (Å²) in [6.45, 7) is 4.13. The largest absolute Gasteiger partial charge is 0.462 e. The van der Waals surface area contributed by atoms with Crippen LogP contribution in [0.25, 0.3) is 0 Å². The topological polar surface area (TPSA) is 9.23 Å². The summed E-state index contributed by atoms with van der Waals surface area (Å²) in [5.41, 5.74) is 0.529. The number of hydrogen-bond donors (Lipinski definition) is 0. The zero-order chi connectivity index (χ0) is 17.8. The summed E-state index contributed by atoms with van der Waals surface area (Å²) in [5.74, 6) is 1.04. The Kier molecular flexibility index (Phi) is 6.14. The van der Waals surface area contributed by atoms with E-state index in [1.165, 1.54) is 31.9 Å². The van der Waals surface area contributed by atoms with Crippen LogP contribution in [0.1, 0.15) is 76.7 Å². The van der Waals surface area contributed by atoms with E-state index in [2.05, 4.69) is 6.92 Å². The Morgan fingerprint density at radius 1 is 0.880 bits per heavy atom. The average Bonchev–Trinajstić information content (AvgIpc) is 2.64. The molecule has 138 valence electrons. The molecule has 0 amide bonds. The highest BCUT2D eigenvalue weighted by Gasteiger charge is 2.31. The van der Waals surface area contributed by atoms with Crippen LogP contribution in [0.4, 0.5) is 8.78 Å². The lowest BCUT2D eigenvalue weighted by Crippen LogP contribution is -2.25. The van der Waals surface area contributed by atoms with Gasteiger partial charge in [0, 0.05) is 0 Å². The molecule has 1 aromatic rings. The van der Waals surface area contributed by atoms with Gasteiger partial charge in [-0.05, 0) is 80.8 Å². The second kappa shape index (κ2) is 8.33. The number of benzene rings is 1. The van der Waals surface area contributed by atoms with Gasteiger partial charge in [0.2, 0.25) is 5.82 Å². The van der Waals surface area contributed by atoms with Crippen LogP contribution in [0.5, 0.6) is 5.75 Å². The summed E-state index contributed by atoms with van der Waals surface area (Å²) in [7, 11) is 0. The molecule has 0 N–H and O–H groups in total. The highest BCUT2D eigenvalue weighted by Crippen LogP contribution is 2.44. The molecule has 0 radical (unpaired) electrons. The monoisotopic (exact) mass is 348 g/mol. The lowest BCUT2D eigenvalue weighted by Gasteiger charge is -2.37. The molecule has 2 fully saturated rings. The zero-order valence-electron chi connectivity index (χ0n) is 15.4. The van der Waals surface area contributed by atoms with E-state index in [-0.39, 0.29) is 11.7 Å². The quantitative estimate of drug-likeness (QED) is 0.533. The van der Waals surface area contributed by atoms with E-state index in [0.29, 0.717) is 5.56 Å². The van der Waals surface area contributed by atoms with Gasteiger partial charge in [-0.15, -0.1) is 0 Å². The van der Waals surface area contributed by atoms with Crippen LogP contribution < -0.4 is 4.74 Å². The minimum absolute atomic E-state index is 0.0376. The standard InChI is InChI=1S/C22H30F2O/c1-3-14-25-20-13-12-19(21(23)22(20)24)18-10-8-17(9-11-18)16-6-4-15(2)5-7-16/h3,12-18H,4-11H2,1-2H3/b14-3+. The van der Waals surface area contributed by atoms with E-state index < -0.39 is 11.6 Å². The van der Waals surface area contributed by atoms with E-state index in [1.54, 1.807) is 25.1 Å². The Morgan fingerprint density at radius 2 is 1.48 bits per heavy atom. The number of allylic oxidation sites excluding steroid dienone is 1. The minimum atomic E-state index is -0.862. The first-order valence-corrected chi connectivity index (χ1v) is 9.85. The highest BCUT2D eigenvalue weighted by atomic mass is 19.2. The van der Waals surface area contributed by atoms with E-state index in [4.69, 9.17) is 4.74 Å². The normalized spacial score (nSPS) is 30.6. The van der Waals surface area contributed by atoms with Gasteiger partial charge in [-0.25, -0.2) is 4.39 Å². The number of halogens is 2. The third kappa shape index (κ3) is 4.24. The molecule has 2 saturated carbocycles. The Labute approximate surface area is 150 Å². The van der Waals surface area contributed by atoms with Crippen molar-refractivity contribution in [2.75, 3.05) is 0 Å². The van der Waals surface area contributed by atoms with Gasteiger partial charge in [-0.2, -0.15) is 4.39 Å². The van der Waals surface area contributed by atoms with E-state index in [0.717, 1.165) is 43.4 Å². The van der Waals surface area contributed by atoms with Crippen molar-refractivity contribution in [1.82, 2.24) is 0 Å². The van der Waals surface area contributed by atoms with Crippen LogP contribution in [-0.2, 0) is 0 Å². The molecular formula is C22H30F2O. The van der Waals surface area contributed by atoms with Gasteiger partial charge in [0.25, 0.3) is 0 Å². The van der Waals surface area contributed by atoms with Crippen LogP contribution in [-0.4, -0.2) is 0 Å². The first-order valence-electron chi connectivity index (χ1n) is 9.85. The Balaban J connectivity index is 1.62. The van der Waals surface area contributed by atoms with E-state index in [1.807, 2.05) is 0 Å². The van der Waals surface area contributed by atoms with Crippen molar-refractivity contribution in [3.63, 3.8) is 0 Å². The first-order chi connectivity index (χ1) is 12.1. The molecule has 0 spiro atoms. The Bertz CT molecular complexity index is 594. The maximum absolute atomic E-state index is 14.5. The van der Waals surface area contributed by atoms with Crippen molar-refractivity contribution in [2.24, 2.45) is 17.8 Å². The van der Waals surface area contributed by atoms with Gasteiger partial charge in [0.1, 0.15) is 0 Å². The molecular weight excluding hydrogens is 318 g/mol. The molecule has 0 unspecified atom stereocenters. The molecule has 3 heteroatoms. The molecule has 0 aliphatic heterocycles. The second-order valence-corrected chi connectivity index (χ2v) is 8.00. The van der Waals surface area contributed by atoms with Crippen molar-refractivity contribution in [2.45, 2.75) is 71.1 Å². The lowest BCUT2D eigenvalue weighted by molar-refractivity contribution is 0.164. The van der Waals surface area contributed by atoms with Crippen molar-refractivity contribution in [3.05, 3.63) is 41.7 Å². The summed E-state index contributed by atoms with van der Waals surface area (Å²) in [6.07, 6.45) is 12.7. The fourth-order valence-corrected chi connectivity index (χ4v) is 4.75. The average molecular weight is 348 g/mol. The third-order valence-electron chi connectivity index (χ3n) is 6.35. The summed E-state index contributed by atoms with van der Waals surface area (Å²) in [6, 6.07) is 3.27. The number of hydrogen-bond acceptors (Lipinski definition) is 1. The van der Waals surface area contributed by atoms with Gasteiger partial charge < -0.3 is 4.74 Å². The highest BCUT2D eigenvalue weighted by molar-refractivity contribution is 5.33. The molecule has 0 saturated heterocycles. The second-order valence-electron chi connectivity index (χ2n) is 8.00. The predicted molar refractivity (Wildman–Crippen MR) is 97.6 cm³/mol. The van der Waals surface area contributed by atoms with Crippen LogP contribution >= 0.6 is 0 Å². The molecule has 0 heterocycles. The van der Waals surface area contributed by atoms with Crippen molar-refractivity contribution < 1.29 is 13.5 Å². The van der Waals surface area contributed by atoms with Crippen molar-refractivity contribution >= 4 is 0 Å². The van der Waals surface area contributed by atoms with Crippen molar-refractivity contribution in [3.8, 4) is 5.75 Å². The van der Waals surface area contributed by atoms with E-state index >= 15 is 0 Å². The van der Waals surface area contributed by atoms with Crippen LogP contribution in [0.15, 0.2) is 24.5 Å². The maximum Gasteiger partial charge on any atom is 0.201 e. The predicted octanol–water partition coefficient (Wildman–Crippen LogP) is 6.98. The SMILES string of the molecule is C/C=C/Oc1ccc(C2CCC(C3CCC(C)CC3)CC2)c(F)c1F. The van der Waals surface area contributed by atoms with Crippen LogP contribution in [0, 0.1) is 29.4 Å². The zero-order valence-corrected chi connectivity index (χ0v) is 15.4. The molecule has 1 aromatic carbocycles. The first kappa shape index (κ1) is 18.4. The molecule has 0 aromatic heterocycles. The van der Waals surface area contributed by atoms with Crippen LogP contribution in [0.3, 0.4) is 0 Å². The summed E-state index contributed by atoms with van der Waals surface area (Å²) in [4.78, 5) is 0. The molecule has 0 atom stereocenters. The number of rotatable bonds is 4. The molecule has 3 rings (SSSR count). The number of ether oxygens (including phenoxy) is 1. The fraction of sp³-hybridized carbons (Fsp3) is 0.636. The van der Waals surface area contributed by atoms with Gasteiger partial charge >= 0.3 is 0 Å². The third-order valence-corrected chi connectivity index (χ3v) is 6.35. The summed E-state index contributed by atoms with van der Waals surface area (Å²) in [5, 5.41) is 0. The van der Waals surface area contributed by atoms with Crippen LogP contribution in [0.2, 0.25) is 0 Å². The van der Waals surface area contributed by atoms with E-state index in [9.17, 15) is 8.78 Å². The van der Waals surface area contributed by atoms with Gasteiger partial charge in [0.05, 0.1) is 6.26 Å². The fourth-order valence-electron chi connectivity index (χ4n) is 4.75. The lowest BCUT2D eigenvalue weighted by atomic mass is 9.68. The van der Waals surface area contributed by atoms with Gasteiger partial charge in [-0.1, -0.05) is 31.9 Å². The minimum Gasteiger partial charge on any atom is -0.462 e. The maximum atomic E-state index is 14.5. The van der Waals surface area contributed by atoms with Gasteiger partial charge in [0.15, 0.2) is 11.6 Å². The molecule has 0 bridgehead atoms. The van der Waals surface area contributed by atoms with Crippen molar-refractivity contribution in [1.29, 1.82) is 0 Å².